The topological polar surface area (TPSA) is 57.2 Å². The summed E-state index contributed by atoms with van der Waals surface area (Å²) >= 11 is 0. The van der Waals surface area contributed by atoms with E-state index in [0.29, 0.717) is 39.6 Å². The van der Waals surface area contributed by atoms with Gasteiger partial charge in [-0.15, -0.1) is 0 Å². The van der Waals surface area contributed by atoms with Crippen molar-refractivity contribution >= 4 is 0 Å². The number of rotatable bonds is 14. The molecule has 0 aliphatic carbocycles. The first-order valence-corrected chi connectivity index (χ1v) is 7.20. The SMILES string of the molecule is CCCC(O)C(CC)OCCOCCOCCOC. The summed E-state index contributed by atoms with van der Waals surface area (Å²) in [6.45, 7) is 7.45. The minimum absolute atomic E-state index is 0.0819. The van der Waals surface area contributed by atoms with Gasteiger partial charge in [0.15, 0.2) is 0 Å². The summed E-state index contributed by atoms with van der Waals surface area (Å²) in [5.41, 5.74) is 0. The zero-order valence-electron chi connectivity index (χ0n) is 12.6. The number of aliphatic hydroxyl groups is 1. The van der Waals surface area contributed by atoms with E-state index in [-0.39, 0.29) is 12.2 Å². The van der Waals surface area contributed by atoms with Crippen molar-refractivity contribution in [2.75, 3.05) is 46.8 Å². The van der Waals surface area contributed by atoms with Crippen LogP contribution in [0.15, 0.2) is 0 Å². The third-order valence-corrected chi connectivity index (χ3v) is 2.78. The first-order valence-electron chi connectivity index (χ1n) is 7.20. The molecule has 0 radical (unpaired) electrons. The van der Waals surface area contributed by atoms with Gasteiger partial charge in [0.05, 0.1) is 51.8 Å². The highest BCUT2D eigenvalue weighted by molar-refractivity contribution is 4.66. The van der Waals surface area contributed by atoms with Crippen molar-refractivity contribution in [2.24, 2.45) is 0 Å². The molecule has 116 valence electrons. The maximum absolute atomic E-state index is 9.83. The van der Waals surface area contributed by atoms with Gasteiger partial charge in [-0.1, -0.05) is 20.3 Å². The molecule has 2 atom stereocenters. The van der Waals surface area contributed by atoms with E-state index < -0.39 is 0 Å². The van der Waals surface area contributed by atoms with Gasteiger partial charge in [0.25, 0.3) is 0 Å². The van der Waals surface area contributed by atoms with Gasteiger partial charge in [-0.3, -0.25) is 0 Å². The fourth-order valence-electron chi connectivity index (χ4n) is 1.71. The van der Waals surface area contributed by atoms with Crippen LogP contribution in [0.25, 0.3) is 0 Å². The lowest BCUT2D eigenvalue weighted by Crippen LogP contribution is -2.29. The van der Waals surface area contributed by atoms with Crippen LogP contribution < -0.4 is 0 Å². The minimum Gasteiger partial charge on any atom is -0.390 e. The number of aliphatic hydroxyl groups excluding tert-OH is 1. The highest BCUT2D eigenvalue weighted by atomic mass is 16.6. The Kier molecular flexibility index (Phi) is 14.1. The highest BCUT2D eigenvalue weighted by Crippen LogP contribution is 2.09. The van der Waals surface area contributed by atoms with Crippen LogP contribution in [0.4, 0.5) is 0 Å². The molecule has 0 saturated carbocycles. The summed E-state index contributed by atoms with van der Waals surface area (Å²) < 4.78 is 21.1. The molecule has 0 heterocycles. The largest absolute Gasteiger partial charge is 0.390 e. The normalized spacial score (nSPS) is 14.5. The predicted octanol–water partition coefficient (Wildman–Crippen LogP) is 1.62. The standard InChI is InChI=1S/C14H30O5/c1-4-6-13(15)14(5-2)19-12-11-18-10-9-17-8-7-16-3/h13-15H,4-12H2,1-3H3. The second-order valence-corrected chi connectivity index (χ2v) is 4.39. The van der Waals surface area contributed by atoms with Crippen LogP contribution in [0.2, 0.25) is 0 Å². The molecule has 0 aliphatic heterocycles. The van der Waals surface area contributed by atoms with Crippen LogP contribution in [0.1, 0.15) is 33.1 Å². The van der Waals surface area contributed by atoms with Crippen molar-refractivity contribution in [2.45, 2.75) is 45.3 Å². The third-order valence-electron chi connectivity index (χ3n) is 2.78. The van der Waals surface area contributed by atoms with Gasteiger partial charge in [0.1, 0.15) is 0 Å². The van der Waals surface area contributed by atoms with E-state index in [4.69, 9.17) is 18.9 Å². The maximum Gasteiger partial charge on any atom is 0.0832 e. The first-order chi connectivity index (χ1) is 9.26. The molecule has 0 aromatic rings. The molecular formula is C14H30O5. The van der Waals surface area contributed by atoms with E-state index in [0.717, 1.165) is 19.3 Å². The summed E-state index contributed by atoms with van der Waals surface area (Å²) in [6.07, 6.45) is 2.12. The molecule has 0 bridgehead atoms. The summed E-state index contributed by atoms with van der Waals surface area (Å²) in [6, 6.07) is 0. The van der Waals surface area contributed by atoms with E-state index in [2.05, 4.69) is 6.92 Å². The van der Waals surface area contributed by atoms with Gasteiger partial charge in [-0.25, -0.2) is 0 Å². The second-order valence-electron chi connectivity index (χ2n) is 4.39. The fraction of sp³-hybridized carbons (Fsp3) is 1.00. The lowest BCUT2D eigenvalue weighted by atomic mass is 10.1. The van der Waals surface area contributed by atoms with Crippen molar-refractivity contribution in [1.29, 1.82) is 0 Å². The van der Waals surface area contributed by atoms with Crippen LogP contribution in [-0.4, -0.2) is 64.1 Å². The zero-order valence-corrected chi connectivity index (χ0v) is 12.6. The molecule has 0 fully saturated rings. The quantitative estimate of drug-likeness (QED) is 0.489. The monoisotopic (exact) mass is 278 g/mol. The van der Waals surface area contributed by atoms with Crippen LogP contribution >= 0.6 is 0 Å². The lowest BCUT2D eigenvalue weighted by Gasteiger charge is -2.21. The first kappa shape index (κ1) is 18.8. The van der Waals surface area contributed by atoms with Crippen LogP contribution in [0, 0.1) is 0 Å². The summed E-state index contributed by atoms with van der Waals surface area (Å²) in [5.74, 6) is 0. The molecule has 0 aromatic carbocycles. The van der Waals surface area contributed by atoms with Gasteiger partial charge in [0, 0.05) is 7.11 Å². The minimum atomic E-state index is -0.368. The Bertz CT molecular complexity index is 177. The van der Waals surface area contributed by atoms with Crippen LogP contribution in [-0.2, 0) is 18.9 Å². The highest BCUT2D eigenvalue weighted by Gasteiger charge is 2.16. The molecule has 0 amide bonds. The number of hydrogen-bond acceptors (Lipinski definition) is 5. The molecule has 0 aliphatic rings. The Hall–Kier alpha value is -0.200. The Morgan fingerprint density at radius 1 is 0.895 bits per heavy atom. The average molecular weight is 278 g/mol. The molecule has 0 spiro atoms. The lowest BCUT2D eigenvalue weighted by molar-refractivity contribution is -0.0642. The second kappa shape index (κ2) is 14.2. The predicted molar refractivity (Wildman–Crippen MR) is 74.5 cm³/mol. The number of methoxy groups -OCH3 is 1. The third kappa shape index (κ3) is 11.3. The molecule has 0 saturated heterocycles. The summed E-state index contributed by atoms with van der Waals surface area (Å²) in [4.78, 5) is 0. The van der Waals surface area contributed by atoms with E-state index in [1.54, 1.807) is 7.11 Å². The molecule has 0 aromatic heterocycles. The number of hydrogen-bond donors (Lipinski definition) is 1. The van der Waals surface area contributed by atoms with Crippen molar-refractivity contribution in [3.8, 4) is 0 Å². The molecule has 1 N–H and O–H groups in total. The number of ether oxygens (including phenoxy) is 4. The van der Waals surface area contributed by atoms with Gasteiger partial charge in [-0.05, 0) is 12.8 Å². The Balaban J connectivity index is 3.36. The maximum atomic E-state index is 9.83. The molecule has 5 heteroatoms. The zero-order chi connectivity index (χ0) is 14.3. The molecular weight excluding hydrogens is 248 g/mol. The molecule has 5 nitrogen and oxygen atoms in total. The Morgan fingerprint density at radius 2 is 1.47 bits per heavy atom. The van der Waals surface area contributed by atoms with E-state index in [9.17, 15) is 5.11 Å². The van der Waals surface area contributed by atoms with E-state index in [1.807, 2.05) is 6.92 Å². The molecule has 19 heavy (non-hydrogen) atoms. The van der Waals surface area contributed by atoms with Gasteiger partial charge in [0.2, 0.25) is 0 Å². The Morgan fingerprint density at radius 3 is 2.00 bits per heavy atom. The van der Waals surface area contributed by atoms with Crippen molar-refractivity contribution in [1.82, 2.24) is 0 Å². The molecule has 0 rings (SSSR count). The van der Waals surface area contributed by atoms with E-state index in [1.165, 1.54) is 0 Å². The van der Waals surface area contributed by atoms with Crippen LogP contribution in [0.5, 0.6) is 0 Å². The average Bonchev–Trinajstić information content (AvgIpc) is 2.41. The van der Waals surface area contributed by atoms with E-state index >= 15 is 0 Å². The van der Waals surface area contributed by atoms with Crippen molar-refractivity contribution < 1.29 is 24.1 Å². The summed E-state index contributed by atoms with van der Waals surface area (Å²) in [7, 11) is 1.65. The van der Waals surface area contributed by atoms with Gasteiger partial charge < -0.3 is 24.1 Å². The fourth-order valence-corrected chi connectivity index (χ4v) is 1.71. The van der Waals surface area contributed by atoms with Crippen molar-refractivity contribution in [3.05, 3.63) is 0 Å². The summed E-state index contributed by atoms with van der Waals surface area (Å²) in [5, 5.41) is 9.83. The smallest absolute Gasteiger partial charge is 0.0832 e. The van der Waals surface area contributed by atoms with Gasteiger partial charge in [-0.2, -0.15) is 0 Å². The molecule has 2 unspecified atom stereocenters. The van der Waals surface area contributed by atoms with Crippen molar-refractivity contribution in [3.63, 3.8) is 0 Å². The van der Waals surface area contributed by atoms with Crippen LogP contribution in [0.3, 0.4) is 0 Å². The van der Waals surface area contributed by atoms with Gasteiger partial charge >= 0.3 is 0 Å². The Labute approximate surface area is 117 Å².